The molecule has 2 atom stereocenters. The van der Waals surface area contributed by atoms with Crippen LogP contribution in [0.2, 0.25) is 0 Å². The van der Waals surface area contributed by atoms with Gasteiger partial charge in [-0.15, -0.1) is 0 Å². The van der Waals surface area contributed by atoms with Crippen molar-refractivity contribution >= 4 is 11.4 Å². The highest BCUT2D eigenvalue weighted by molar-refractivity contribution is 5.55. The summed E-state index contributed by atoms with van der Waals surface area (Å²) < 4.78 is 13.6. The molecule has 2 rings (SSSR count). The van der Waals surface area contributed by atoms with Crippen LogP contribution in [-0.4, -0.2) is 17.8 Å². The lowest BCUT2D eigenvalue weighted by Crippen LogP contribution is -2.42. The minimum absolute atomic E-state index is 0.0177. The highest BCUT2D eigenvalue weighted by Crippen LogP contribution is 2.46. The van der Waals surface area contributed by atoms with E-state index in [9.17, 15) is 9.50 Å². The van der Waals surface area contributed by atoms with Crippen LogP contribution in [0.25, 0.3) is 4.85 Å². The average Bonchev–Trinajstić information content (AvgIpc) is 2.33. The van der Waals surface area contributed by atoms with Crippen LogP contribution in [0.5, 0.6) is 0 Å². The maximum absolute atomic E-state index is 13.6. The first-order valence-electron chi connectivity index (χ1n) is 7.32. The number of nitrogens with zero attached hydrogens (tertiary/aromatic N) is 1. The highest BCUT2D eigenvalue weighted by Gasteiger charge is 2.40. The Morgan fingerprint density at radius 1 is 1.38 bits per heavy atom. The minimum atomic E-state index is -0.496. The van der Waals surface area contributed by atoms with Gasteiger partial charge in [-0.2, -0.15) is 0 Å². The topological polar surface area (TPSA) is 36.6 Å². The summed E-state index contributed by atoms with van der Waals surface area (Å²) in [5.41, 5.74) is 0.823. The summed E-state index contributed by atoms with van der Waals surface area (Å²) >= 11 is 0. The number of hydrogen-bond acceptors (Lipinski definition) is 2. The number of aliphatic hydroxyl groups is 1. The summed E-state index contributed by atoms with van der Waals surface area (Å²) in [5.74, 6) is -0.496. The van der Waals surface area contributed by atoms with E-state index in [4.69, 9.17) is 6.57 Å². The van der Waals surface area contributed by atoms with E-state index in [1.165, 1.54) is 12.1 Å². The fourth-order valence-electron chi connectivity index (χ4n) is 3.74. The lowest BCUT2D eigenvalue weighted by atomic mass is 9.63. The van der Waals surface area contributed by atoms with Crippen LogP contribution in [0.4, 0.5) is 15.8 Å². The second kappa shape index (κ2) is 5.65. The zero-order chi connectivity index (χ0) is 15.7. The molecular weight excluding hydrogens is 267 g/mol. The van der Waals surface area contributed by atoms with E-state index in [0.29, 0.717) is 12.2 Å². The molecule has 0 heterocycles. The molecule has 1 aromatic rings. The fraction of sp³-hybridized carbons (Fsp3) is 0.588. The monoisotopic (exact) mass is 290 g/mol. The number of anilines is 1. The van der Waals surface area contributed by atoms with Gasteiger partial charge in [-0.25, -0.2) is 9.24 Å². The molecular formula is C17H23FN2O. The molecule has 1 saturated carbocycles. The summed E-state index contributed by atoms with van der Waals surface area (Å²) in [6, 6.07) is 4.58. The summed E-state index contributed by atoms with van der Waals surface area (Å²) in [4.78, 5) is 3.12. The van der Waals surface area contributed by atoms with Gasteiger partial charge in [0, 0.05) is 12.2 Å². The van der Waals surface area contributed by atoms with Crippen molar-refractivity contribution in [2.24, 2.45) is 10.8 Å². The van der Waals surface area contributed by atoms with Crippen molar-refractivity contribution in [3.8, 4) is 0 Å². The molecule has 0 spiro atoms. The molecule has 0 aliphatic heterocycles. The Labute approximate surface area is 126 Å². The number of halogens is 1. The Morgan fingerprint density at radius 3 is 2.67 bits per heavy atom. The normalized spacial score (nSPS) is 27.9. The first-order chi connectivity index (χ1) is 9.73. The van der Waals surface area contributed by atoms with E-state index in [1.54, 1.807) is 6.07 Å². The van der Waals surface area contributed by atoms with Gasteiger partial charge in [0.15, 0.2) is 0 Å². The van der Waals surface area contributed by atoms with E-state index in [-0.39, 0.29) is 22.6 Å². The Balaban J connectivity index is 2.05. The third-order valence-electron chi connectivity index (χ3n) is 4.21. The summed E-state index contributed by atoms with van der Waals surface area (Å²) in [7, 11) is 0. The fourth-order valence-corrected chi connectivity index (χ4v) is 3.74. The molecule has 1 aliphatic rings. The Hall–Kier alpha value is -1.60. The van der Waals surface area contributed by atoms with Crippen molar-refractivity contribution in [3.63, 3.8) is 0 Å². The van der Waals surface area contributed by atoms with E-state index >= 15 is 0 Å². The first-order valence-corrected chi connectivity index (χ1v) is 7.32. The lowest BCUT2D eigenvalue weighted by molar-refractivity contribution is -0.00317. The first kappa shape index (κ1) is 15.8. The summed E-state index contributed by atoms with van der Waals surface area (Å²) in [6.45, 7) is 14.1. The quantitative estimate of drug-likeness (QED) is 0.811. The number of hydrogen-bond donors (Lipinski definition) is 2. The van der Waals surface area contributed by atoms with Crippen LogP contribution in [0.1, 0.15) is 40.0 Å². The molecule has 114 valence electrons. The van der Waals surface area contributed by atoms with E-state index < -0.39 is 5.82 Å². The van der Waals surface area contributed by atoms with Gasteiger partial charge in [0.2, 0.25) is 5.69 Å². The van der Waals surface area contributed by atoms with Crippen LogP contribution in [-0.2, 0) is 0 Å². The second-order valence-electron chi connectivity index (χ2n) is 7.35. The smallest absolute Gasteiger partial charge is 0.222 e. The highest BCUT2D eigenvalue weighted by atomic mass is 19.1. The largest absolute Gasteiger partial charge is 0.393 e. The van der Waals surface area contributed by atoms with Crippen molar-refractivity contribution in [1.82, 2.24) is 0 Å². The van der Waals surface area contributed by atoms with Crippen LogP contribution >= 0.6 is 0 Å². The second-order valence-corrected chi connectivity index (χ2v) is 7.35. The molecule has 3 nitrogen and oxygen atoms in total. The van der Waals surface area contributed by atoms with E-state index in [2.05, 4.69) is 30.9 Å². The predicted octanol–water partition coefficient (Wildman–Crippen LogP) is 4.37. The number of rotatable bonds is 3. The predicted molar refractivity (Wildman–Crippen MR) is 82.9 cm³/mol. The molecule has 1 aromatic carbocycles. The molecule has 0 bridgehead atoms. The van der Waals surface area contributed by atoms with Gasteiger partial charge in [-0.3, -0.25) is 0 Å². The molecule has 0 aromatic heterocycles. The standard InChI is InChI=1S/C17H23FN2O/c1-16(2)8-13(21)9-17(3,10-16)11-20-12-5-6-15(19-4)14(18)7-12/h5-7,13,20-21H,8-11H2,1-3H3. The van der Waals surface area contributed by atoms with Crippen molar-refractivity contribution < 1.29 is 9.50 Å². The molecule has 1 fully saturated rings. The lowest BCUT2D eigenvalue weighted by Gasteiger charge is -2.45. The SMILES string of the molecule is [C-]#[N+]c1ccc(NCC2(C)CC(O)CC(C)(C)C2)cc1F. The van der Waals surface area contributed by atoms with Crippen LogP contribution in [0.3, 0.4) is 0 Å². The van der Waals surface area contributed by atoms with Gasteiger partial charge in [0.1, 0.15) is 5.82 Å². The molecule has 2 N–H and O–H groups in total. The van der Waals surface area contributed by atoms with E-state index in [1.807, 2.05) is 0 Å². The van der Waals surface area contributed by atoms with Crippen molar-refractivity contribution in [2.45, 2.75) is 46.1 Å². The molecule has 0 amide bonds. The van der Waals surface area contributed by atoms with Crippen LogP contribution in [0.15, 0.2) is 18.2 Å². The molecule has 2 unspecified atom stereocenters. The summed E-state index contributed by atoms with van der Waals surface area (Å²) in [5, 5.41) is 13.3. The number of nitrogens with one attached hydrogen (secondary N) is 1. The van der Waals surface area contributed by atoms with Crippen molar-refractivity contribution in [2.75, 3.05) is 11.9 Å². The maximum atomic E-state index is 13.6. The van der Waals surface area contributed by atoms with E-state index in [0.717, 1.165) is 19.3 Å². The van der Waals surface area contributed by atoms with Gasteiger partial charge in [-0.1, -0.05) is 26.8 Å². The van der Waals surface area contributed by atoms with Gasteiger partial charge < -0.3 is 10.4 Å². The zero-order valence-corrected chi connectivity index (χ0v) is 12.9. The van der Waals surface area contributed by atoms with Crippen LogP contribution < -0.4 is 5.32 Å². The summed E-state index contributed by atoms with van der Waals surface area (Å²) in [6.07, 6.45) is 2.33. The van der Waals surface area contributed by atoms with Gasteiger partial charge in [-0.05, 0) is 42.2 Å². The third kappa shape index (κ3) is 3.95. The molecule has 0 saturated heterocycles. The average molecular weight is 290 g/mol. The molecule has 4 heteroatoms. The third-order valence-corrected chi connectivity index (χ3v) is 4.21. The Kier molecular flexibility index (Phi) is 4.25. The Bertz CT molecular complexity index is 564. The van der Waals surface area contributed by atoms with Crippen molar-refractivity contribution in [3.05, 3.63) is 35.4 Å². The van der Waals surface area contributed by atoms with Gasteiger partial charge >= 0.3 is 0 Å². The number of aliphatic hydroxyl groups excluding tert-OH is 1. The van der Waals surface area contributed by atoms with Crippen molar-refractivity contribution in [1.29, 1.82) is 0 Å². The Morgan fingerprint density at radius 2 is 2.10 bits per heavy atom. The minimum Gasteiger partial charge on any atom is -0.393 e. The molecule has 21 heavy (non-hydrogen) atoms. The zero-order valence-electron chi connectivity index (χ0n) is 12.9. The molecule has 0 radical (unpaired) electrons. The van der Waals surface area contributed by atoms with Gasteiger partial charge in [0.25, 0.3) is 0 Å². The number of benzene rings is 1. The van der Waals surface area contributed by atoms with Gasteiger partial charge in [0.05, 0.1) is 12.7 Å². The maximum Gasteiger partial charge on any atom is 0.222 e. The van der Waals surface area contributed by atoms with Crippen LogP contribution in [0, 0.1) is 23.2 Å². The molecule has 1 aliphatic carbocycles.